The predicted molar refractivity (Wildman–Crippen MR) is 134 cm³/mol. The summed E-state index contributed by atoms with van der Waals surface area (Å²) >= 11 is 8.90. The Morgan fingerprint density at radius 2 is 2.12 bits per heavy atom. The van der Waals surface area contributed by atoms with Crippen LogP contribution >= 0.6 is 34.7 Å². The highest BCUT2D eigenvalue weighted by Crippen LogP contribution is 2.35. The Morgan fingerprint density at radius 3 is 2.88 bits per heavy atom. The summed E-state index contributed by atoms with van der Waals surface area (Å²) in [5.74, 6) is 1.15. The Bertz CT molecular complexity index is 1590. The quantitative estimate of drug-likeness (QED) is 0.232. The molecule has 0 bridgehead atoms. The summed E-state index contributed by atoms with van der Waals surface area (Å²) in [7, 11) is 0. The Balaban J connectivity index is 1.55. The molecule has 5 rings (SSSR count). The molecule has 1 unspecified atom stereocenters. The van der Waals surface area contributed by atoms with E-state index in [0.717, 1.165) is 12.0 Å². The second-order valence-corrected chi connectivity index (χ2v) is 10.1. The van der Waals surface area contributed by atoms with Crippen molar-refractivity contribution >= 4 is 55.8 Å². The van der Waals surface area contributed by atoms with E-state index in [1.54, 1.807) is 35.1 Å². The number of aromatic amines is 1. The van der Waals surface area contributed by atoms with Crippen molar-refractivity contribution < 1.29 is 4.42 Å². The SMILES string of the molecule is CCCn1c(SC(C)c2nc3scc(-c4ccco4)c3c(=O)[nH]2)nc2cc(Cl)ccc2c1=O. The first-order chi connectivity index (χ1) is 16.0. The lowest BCUT2D eigenvalue weighted by Crippen LogP contribution is -2.23. The summed E-state index contributed by atoms with van der Waals surface area (Å²) in [4.78, 5) is 39.0. The number of hydrogen-bond acceptors (Lipinski definition) is 7. The zero-order chi connectivity index (χ0) is 23.1. The molecule has 0 saturated carbocycles. The fourth-order valence-electron chi connectivity index (χ4n) is 3.67. The van der Waals surface area contributed by atoms with Crippen LogP contribution in [0, 0.1) is 0 Å². The Labute approximate surface area is 201 Å². The number of H-pyrrole nitrogens is 1. The zero-order valence-electron chi connectivity index (χ0n) is 17.8. The van der Waals surface area contributed by atoms with Gasteiger partial charge >= 0.3 is 0 Å². The molecule has 7 nitrogen and oxygen atoms in total. The van der Waals surface area contributed by atoms with E-state index in [9.17, 15) is 9.59 Å². The van der Waals surface area contributed by atoms with Crippen molar-refractivity contribution in [1.29, 1.82) is 0 Å². The second-order valence-electron chi connectivity index (χ2n) is 7.53. The van der Waals surface area contributed by atoms with Gasteiger partial charge in [-0.2, -0.15) is 0 Å². The summed E-state index contributed by atoms with van der Waals surface area (Å²) in [5, 5.41) is 3.76. The molecule has 0 amide bonds. The Morgan fingerprint density at radius 1 is 1.27 bits per heavy atom. The molecule has 1 N–H and O–H groups in total. The van der Waals surface area contributed by atoms with Crippen LogP contribution in [0.3, 0.4) is 0 Å². The molecular weight excluding hydrogens is 480 g/mol. The van der Waals surface area contributed by atoms with Gasteiger partial charge in [-0.15, -0.1) is 11.3 Å². The van der Waals surface area contributed by atoms with E-state index in [4.69, 9.17) is 26.0 Å². The van der Waals surface area contributed by atoms with Crippen LogP contribution in [0.4, 0.5) is 0 Å². The Kier molecular flexibility index (Phi) is 5.86. The van der Waals surface area contributed by atoms with Crippen molar-refractivity contribution in [3.8, 4) is 11.3 Å². The van der Waals surface area contributed by atoms with Crippen molar-refractivity contribution in [2.45, 2.75) is 37.2 Å². The molecule has 5 aromatic rings. The van der Waals surface area contributed by atoms with Gasteiger partial charge in [0.05, 0.1) is 27.8 Å². The number of rotatable bonds is 6. The molecule has 0 aliphatic rings. The minimum Gasteiger partial charge on any atom is -0.464 e. The lowest BCUT2D eigenvalue weighted by atomic mass is 10.2. The monoisotopic (exact) mass is 498 g/mol. The van der Waals surface area contributed by atoms with Crippen molar-refractivity contribution in [1.82, 2.24) is 19.5 Å². The van der Waals surface area contributed by atoms with Gasteiger partial charge in [-0.05, 0) is 43.7 Å². The minimum absolute atomic E-state index is 0.105. The molecule has 1 aromatic carbocycles. The van der Waals surface area contributed by atoms with Crippen LogP contribution < -0.4 is 11.1 Å². The normalized spacial score (nSPS) is 12.6. The van der Waals surface area contributed by atoms with E-state index >= 15 is 0 Å². The number of furan rings is 1. The van der Waals surface area contributed by atoms with E-state index in [0.29, 0.717) is 49.4 Å². The van der Waals surface area contributed by atoms with E-state index in [2.05, 4.69) is 4.98 Å². The third-order valence-electron chi connectivity index (χ3n) is 5.25. The Hall–Kier alpha value is -2.88. The van der Waals surface area contributed by atoms with Crippen molar-refractivity contribution in [3.05, 3.63) is 73.5 Å². The van der Waals surface area contributed by atoms with Gasteiger partial charge in [0.1, 0.15) is 16.4 Å². The van der Waals surface area contributed by atoms with Gasteiger partial charge < -0.3 is 9.40 Å². The maximum absolute atomic E-state index is 13.1. The third-order valence-corrected chi connectivity index (χ3v) is 7.45. The van der Waals surface area contributed by atoms with Gasteiger partial charge in [0, 0.05) is 22.5 Å². The second kappa shape index (κ2) is 8.81. The van der Waals surface area contributed by atoms with Crippen LogP contribution in [0.2, 0.25) is 5.02 Å². The summed E-state index contributed by atoms with van der Waals surface area (Å²) < 4.78 is 7.14. The minimum atomic E-state index is -0.247. The van der Waals surface area contributed by atoms with Crippen molar-refractivity contribution in [2.24, 2.45) is 0 Å². The van der Waals surface area contributed by atoms with Crippen molar-refractivity contribution in [2.75, 3.05) is 0 Å². The average Bonchev–Trinajstić information content (AvgIpc) is 3.46. The molecule has 4 heterocycles. The number of aromatic nitrogens is 4. The smallest absolute Gasteiger partial charge is 0.262 e. The standard InChI is InChI=1S/C23H19ClN4O3S2/c1-3-8-28-22(30)14-7-6-13(24)10-16(14)25-23(28)33-12(2)19-26-20(29)18-15(11-32-21(18)27-19)17-5-4-9-31-17/h4-7,9-12H,3,8H2,1-2H3,(H,26,27,29). The van der Waals surface area contributed by atoms with Crippen LogP contribution in [0.5, 0.6) is 0 Å². The highest BCUT2D eigenvalue weighted by Gasteiger charge is 2.20. The third kappa shape index (κ3) is 4.01. The highest BCUT2D eigenvalue weighted by molar-refractivity contribution is 7.99. The summed E-state index contributed by atoms with van der Waals surface area (Å²) in [6.45, 7) is 4.48. The van der Waals surface area contributed by atoms with Gasteiger partial charge in [0.25, 0.3) is 11.1 Å². The molecule has 4 aromatic heterocycles. The molecule has 0 saturated heterocycles. The van der Waals surface area contributed by atoms with Gasteiger partial charge in [-0.1, -0.05) is 30.3 Å². The molecule has 0 fully saturated rings. The number of benzene rings is 1. The van der Waals surface area contributed by atoms with E-state index in [1.165, 1.54) is 23.1 Å². The molecule has 168 valence electrons. The number of nitrogens with one attached hydrogen (secondary N) is 1. The van der Waals surface area contributed by atoms with Gasteiger partial charge in [-0.3, -0.25) is 14.2 Å². The number of thioether (sulfide) groups is 1. The first-order valence-electron chi connectivity index (χ1n) is 10.4. The molecule has 1 atom stereocenters. The van der Waals surface area contributed by atoms with Crippen LogP contribution in [0.1, 0.15) is 31.3 Å². The topological polar surface area (TPSA) is 93.8 Å². The molecule has 33 heavy (non-hydrogen) atoms. The van der Waals surface area contributed by atoms with E-state index < -0.39 is 0 Å². The number of thiophene rings is 1. The zero-order valence-corrected chi connectivity index (χ0v) is 20.2. The van der Waals surface area contributed by atoms with E-state index in [1.807, 2.05) is 25.3 Å². The summed E-state index contributed by atoms with van der Waals surface area (Å²) in [6, 6.07) is 8.69. The highest BCUT2D eigenvalue weighted by atomic mass is 35.5. The van der Waals surface area contributed by atoms with Gasteiger partial charge in [0.15, 0.2) is 5.16 Å². The maximum atomic E-state index is 13.1. The van der Waals surface area contributed by atoms with Crippen LogP contribution in [0.25, 0.3) is 32.4 Å². The largest absolute Gasteiger partial charge is 0.464 e. The van der Waals surface area contributed by atoms with Crippen LogP contribution in [-0.2, 0) is 6.54 Å². The lowest BCUT2D eigenvalue weighted by Gasteiger charge is -2.15. The maximum Gasteiger partial charge on any atom is 0.262 e. The van der Waals surface area contributed by atoms with Crippen LogP contribution in [0.15, 0.2) is 61.1 Å². The summed E-state index contributed by atoms with van der Waals surface area (Å²) in [5.41, 5.74) is 0.948. The molecule has 0 spiro atoms. The molecular formula is C23H19ClN4O3S2. The van der Waals surface area contributed by atoms with Gasteiger partial charge in [-0.25, -0.2) is 9.97 Å². The fraction of sp³-hybridized carbons (Fsp3) is 0.217. The average molecular weight is 499 g/mol. The predicted octanol–water partition coefficient (Wildman–Crippen LogP) is 5.87. The molecule has 0 aliphatic carbocycles. The molecule has 0 radical (unpaired) electrons. The molecule has 10 heteroatoms. The number of hydrogen-bond donors (Lipinski definition) is 1. The first kappa shape index (κ1) is 21.9. The van der Waals surface area contributed by atoms with Gasteiger partial charge in [0.2, 0.25) is 0 Å². The fourth-order valence-corrected chi connectivity index (χ4v) is 5.76. The van der Waals surface area contributed by atoms with E-state index in [-0.39, 0.29) is 16.4 Å². The van der Waals surface area contributed by atoms with Crippen LogP contribution in [-0.4, -0.2) is 19.5 Å². The lowest BCUT2D eigenvalue weighted by molar-refractivity contribution is 0.583. The van der Waals surface area contributed by atoms with Crippen molar-refractivity contribution in [3.63, 3.8) is 0 Å². The number of nitrogens with zero attached hydrogens (tertiary/aromatic N) is 3. The summed E-state index contributed by atoms with van der Waals surface area (Å²) in [6.07, 6.45) is 2.36. The number of fused-ring (bicyclic) bond motifs is 2. The first-order valence-corrected chi connectivity index (χ1v) is 12.5. The molecule has 0 aliphatic heterocycles. The number of halogens is 1.